The molecule has 1 atom stereocenters. The zero-order valence-corrected chi connectivity index (χ0v) is 14.7. The van der Waals surface area contributed by atoms with Gasteiger partial charge in [-0.3, -0.25) is 0 Å². The molecular weight excluding hydrogens is 295 g/mol. The highest BCUT2D eigenvalue weighted by atomic mass is 32.1. The molecule has 0 saturated heterocycles. The van der Waals surface area contributed by atoms with E-state index < -0.39 is 0 Å². The maximum absolute atomic E-state index is 13.8. The van der Waals surface area contributed by atoms with E-state index in [1.165, 1.54) is 24.6 Å². The molecule has 0 aliphatic carbocycles. The fraction of sp³-hybridized carbons (Fsp3) is 0.500. The molecule has 0 radical (unpaired) electrons. The van der Waals surface area contributed by atoms with Crippen LogP contribution in [0.25, 0.3) is 0 Å². The van der Waals surface area contributed by atoms with Crippen molar-refractivity contribution in [2.75, 3.05) is 0 Å². The van der Waals surface area contributed by atoms with E-state index in [0.717, 1.165) is 17.1 Å². The van der Waals surface area contributed by atoms with Gasteiger partial charge in [-0.15, -0.1) is 11.3 Å². The SMILES string of the molecule is Cc1csc(=Nc2ccccc2F)n1C(C)CCCC(C)C. The molecule has 0 aliphatic rings. The lowest BCUT2D eigenvalue weighted by atomic mass is 10.0. The van der Waals surface area contributed by atoms with Crippen LogP contribution >= 0.6 is 11.3 Å². The minimum atomic E-state index is -0.271. The van der Waals surface area contributed by atoms with Crippen molar-refractivity contribution in [3.05, 3.63) is 46.0 Å². The fourth-order valence-electron chi connectivity index (χ4n) is 2.61. The molecule has 1 aromatic heterocycles. The van der Waals surface area contributed by atoms with Gasteiger partial charge in [0.1, 0.15) is 11.5 Å². The fourth-order valence-corrected chi connectivity index (χ4v) is 3.59. The molecule has 0 bridgehead atoms. The highest BCUT2D eigenvalue weighted by molar-refractivity contribution is 7.07. The van der Waals surface area contributed by atoms with Gasteiger partial charge in [0.05, 0.1) is 0 Å². The summed E-state index contributed by atoms with van der Waals surface area (Å²) in [5.74, 6) is 0.468. The van der Waals surface area contributed by atoms with Gasteiger partial charge >= 0.3 is 0 Å². The predicted molar refractivity (Wildman–Crippen MR) is 92.1 cm³/mol. The largest absolute Gasteiger partial charge is 0.318 e. The number of aryl methyl sites for hydroxylation is 1. The maximum atomic E-state index is 13.8. The van der Waals surface area contributed by atoms with E-state index in [1.54, 1.807) is 23.5 Å². The van der Waals surface area contributed by atoms with E-state index in [9.17, 15) is 4.39 Å². The molecule has 2 aromatic rings. The summed E-state index contributed by atoms with van der Waals surface area (Å²) in [5, 5.41) is 2.10. The smallest absolute Gasteiger partial charge is 0.190 e. The Labute approximate surface area is 136 Å². The molecule has 0 saturated carbocycles. The average Bonchev–Trinajstić information content (AvgIpc) is 2.82. The van der Waals surface area contributed by atoms with Gasteiger partial charge in [0, 0.05) is 17.1 Å². The van der Waals surface area contributed by atoms with Crippen LogP contribution in [-0.4, -0.2) is 4.57 Å². The quantitative estimate of drug-likeness (QED) is 0.657. The van der Waals surface area contributed by atoms with Crippen molar-refractivity contribution in [3.63, 3.8) is 0 Å². The van der Waals surface area contributed by atoms with Crippen LogP contribution in [0, 0.1) is 18.7 Å². The molecular formula is C18H25FN2S. The number of thiazole rings is 1. The van der Waals surface area contributed by atoms with Gasteiger partial charge in [0.25, 0.3) is 0 Å². The summed E-state index contributed by atoms with van der Waals surface area (Å²) in [6.07, 6.45) is 3.58. The molecule has 0 amide bonds. The number of benzene rings is 1. The third kappa shape index (κ3) is 4.29. The monoisotopic (exact) mass is 320 g/mol. The van der Waals surface area contributed by atoms with Crippen LogP contribution < -0.4 is 4.80 Å². The molecule has 1 aromatic carbocycles. The van der Waals surface area contributed by atoms with Gasteiger partial charge in [0.15, 0.2) is 4.80 Å². The number of hydrogen-bond acceptors (Lipinski definition) is 2. The summed E-state index contributed by atoms with van der Waals surface area (Å²) in [6, 6.07) is 7.07. The normalized spacial score (nSPS) is 13.8. The molecule has 4 heteroatoms. The summed E-state index contributed by atoms with van der Waals surface area (Å²) in [6.45, 7) is 8.83. The Morgan fingerprint density at radius 3 is 2.59 bits per heavy atom. The van der Waals surface area contributed by atoms with Crippen molar-refractivity contribution in [1.82, 2.24) is 4.57 Å². The molecule has 0 fully saturated rings. The molecule has 0 spiro atoms. The van der Waals surface area contributed by atoms with E-state index in [-0.39, 0.29) is 5.82 Å². The maximum Gasteiger partial charge on any atom is 0.190 e. The summed E-state index contributed by atoms with van der Waals surface area (Å²) < 4.78 is 16.0. The second kappa shape index (κ2) is 7.73. The van der Waals surface area contributed by atoms with Gasteiger partial charge in [-0.1, -0.05) is 38.8 Å². The number of nitrogens with zero attached hydrogens (tertiary/aromatic N) is 2. The predicted octanol–water partition coefficient (Wildman–Crippen LogP) is 5.62. The molecule has 2 rings (SSSR count). The van der Waals surface area contributed by atoms with Gasteiger partial charge in [-0.05, 0) is 38.3 Å². The first-order valence-electron chi connectivity index (χ1n) is 7.95. The Morgan fingerprint density at radius 2 is 1.91 bits per heavy atom. The van der Waals surface area contributed by atoms with E-state index in [4.69, 9.17) is 0 Å². The highest BCUT2D eigenvalue weighted by Gasteiger charge is 2.11. The van der Waals surface area contributed by atoms with Gasteiger partial charge in [-0.25, -0.2) is 9.38 Å². The summed E-state index contributed by atoms with van der Waals surface area (Å²) in [7, 11) is 0. The van der Waals surface area contributed by atoms with Crippen molar-refractivity contribution in [2.45, 2.75) is 53.0 Å². The highest BCUT2D eigenvalue weighted by Crippen LogP contribution is 2.20. The first-order valence-corrected chi connectivity index (χ1v) is 8.83. The number of para-hydroxylation sites is 1. The Bertz CT molecular complexity index is 670. The zero-order chi connectivity index (χ0) is 16.1. The van der Waals surface area contributed by atoms with Crippen LogP contribution in [0.5, 0.6) is 0 Å². The Hall–Kier alpha value is -1.42. The van der Waals surface area contributed by atoms with Gasteiger partial charge in [-0.2, -0.15) is 0 Å². The summed E-state index contributed by atoms with van der Waals surface area (Å²) in [5.41, 5.74) is 1.60. The zero-order valence-electron chi connectivity index (χ0n) is 13.8. The number of aromatic nitrogens is 1. The lowest BCUT2D eigenvalue weighted by Gasteiger charge is -2.16. The van der Waals surface area contributed by atoms with Crippen LogP contribution in [0.2, 0.25) is 0 Å². The van der Waals surface area contributed by atoms with Crippen LogP contribution in [0.15, 0.2) is 34.6 Å². The molecule has 1 unspecified atom stereocenters. The van der Waals surface area contributed by atoms with E-state index in [1.807, 2.05) is 6.07 Å². The third-order valence-electron chi connectivity index (χ3n) is 3.83. The molecule has 22 heavy (non-hydrogen) atoms. The van der Waals surface area contributed by atoms with Crippen molar-refractivity contribution < 1.29 is 4.39 Å². The number of hydrogen-bond donors (Lipinski definition) is 0. The summed E-state index contributed by atoms with van der Waals surface area (Å²) >= 11 is 1.58. The first-order chi connectivity index (χ1) is 10.5. The Morgan fingerprint density at radius 1 is 1.18 bits per heavy atom. The topological polar surface area (TPSA) is 17.3 Å². The number of rotatable bonds is 6. The molecule has 0 aliphatic heterocycles. The van der Waals surface area contributed by atoms with Crippen molar-refractivity contribution >= 4 is 17.0 Å². The van der Waals surface area contributed by atoms with Crippen LogP contribution in [-0.2, 0) is 0 Å². The molecule has 1 heterocycles. The minimum Gasteiger partial charge on any atom is -0.318 e. The average molecular weight is 320 g/mol. The molecule has 2 nitrogen and oxygen atoms in total. The summed E-state index contributed by atoms with van der Waals surface area (Å²) in [4.78, 5) is 5.41. The van der Waals surface area contributed by atoms with E-state index in [0.29, 0.717) is 11.7 Å². The second-order valence-corrected chi connectivity index (χ2v) is 7.10. The van der Waals surface area contributed by atoms with Gasteiger partial charge < -0.3 is 4.57 Å². The van der Waals surface area contributed by atoms with Crippen molar-refractivity contribution in [1.29, 1.82) is 0 Å². The van der Waals surface area contributed by atoms with Crippen LogP contribution in [0.3, 0.4) is 0 Å². The second-order valence-electron chi connectivity index (χ2n) is 6.27. The van der Waals surface area contributed by atoms with E-state index >= 15 is 0 Å². The minimum absolute atomic E-state index is 0.271. The standard InChI is InChI=1S/C18H25FN2S/c1-13(2)8-7-9-14(3)21-15(4)12-22-18(21)20-17-11-6-5-10-16(17)19/h5-6,10-14H,7-9H2,1-4H3. The van der Waals surface area contributed by atoms with Crippen molar-refractivity contribution in [3.8, 4) is 0 Å². The van der Waals surface area contributed by atoms with Crippen LogP contribution in [0.1, 0.15) is 51.8 Å². The lowest BCUT2D eigenvalue weighted by Crippen LogP contribution is -2.20. The molecule has 0 N–H and O–H groups in total. The van der Waals surface area contributed by atoms with Crippen LogP contribution in [0.4, 0.5) is 10.1 Å². The van der Waals surface area contributed by atoms with E-state index in [2.05, 4.69) is 42.6 Å². The Balaban J connectivity index is 2.26. The van der Waals surface area contributed by atoms with Crippen molar-refractivity contribution in [2.24, 2.45) is 10.9 Å². The molecule has 120 valence electrons. The Kier molecular flexibility index (Phi) is 5.95. The number of halogens is 1. The third-order valence-corrected chi connectivity index (χ3v) is 4.79. The van der Waals surface area contributed by atoms with Gasteiger partial charge in [0.2, 0.25) is 0 Å². The lowest BCUT2D eigenvalue weighted by molar-refractivity contribution is 0.436. The first kappa shape index (κ1) is 16.9.